The second-order valence-electron chi connectivity index (χ2n) is 5.83. The molecule has 2 fully saturated rings. The summed E-state index contributed by atoms with van der Waals surface area (Å²) in [6.45, 7) is 3.38. The minimum absolute atomic E-state index is 0.175. The summed E-state index contributed by atoms with van der Waals surface area (Å²) in [6, 6.07) is 4.08. The molecule has 0 N–H and O–H groups in total. The maximum Gasteiger partial charge on any atom is 0.255 e. The van der Waals surface area contributed by atoms with Gasteiger partial charge in [-0.05, 0) is 25.2 Å². The van der Waals surface area contributed by atoms with E-state index in [-0.39, 0.29) is 23.4 Å². The van der Waals surface area contributed by atoms with Gasteiger partial charge in [-0.2, -0.15) is 0 Å². The number of rotatable bonds is 1. The Hall–Kier alpha value is -1.17. The lowest BCUT2D eigenvalue weighted by Crippen LogP contribution is -2.44. The quantitative estimate of drug-likeness (QED) is 0.794. The zero-order valence-corrected chi connectivity index (χ0v) is 12.6. The zero-order chi connectivity index (χ0) is 15.0. The molecule has 1 amide bonds. The first-order chi connectivity index (χ1) is 10.0. The number of fused-ring (bicyclic) bond motifs is 3. The summed E-state index contributed by atoms with van der Waals surface area (Å²) < 4.78 is 19.0. The molecule has 114 valence electrons. The number of benzene rings is 1. The molecule has 0 unspecified atom stereocenters. The normalized spacial score (nSPS) is 26.5. The van der Waals surface area contributed by atoms with Gasteiger partial charge in [0, 0.05) is 25.6 Å². The van der Waals surface area contributed by atoms with E-state index in [2.05, 4.69) is 11.9 Å². The molecule has 2 saturated heterocycles. The van der Waals surface area contributed by atoms with Gasteiger partial charge in [0.25, 0.3) is 5.91 Å². The molecule has 2 heterocycles. The molecule has 1 aromatic carbocycles. The van der Waals surface area contributed by atoms with E-state index < -0.39 is 5.82 Å². The van der Waals surface area contributed by atoms with Crippen molar-refractivity contribution in [3.05, 3.63) is 34.6 Å². The molecule has 0 spiro atoms. The topological polar surface area (TPSA) is 32.8 Å². The van der Waals surface area contributed by atoms with E-state index in [1.165, 1.54) is 18.2 Å². The summed E-state index contributed by atoms with van der Waals surface area (Å²) in [7, 11) is 2.05. The largest absolute Gasteiger partial charge is 0.379 e. The van der Waals surface area contributed by atoms with Crippen LogP contribution in [0.2, 0.25) is 5.02 Å². The Morgan fingerprint density at radius 1 is 1.33 bits per heavy atom. The molecule has 2 bridgehead atoms. The minimum Gasteiger partial charge on any atom is -0.379 e. The van der Waals surface area contributed by atoms with Gasteiger partial charge in [-0.3, -0.25) is 9.69 Å². The smallest absolute Gasteiger partial charge is 0.255 e. The van der Waals surface area contributed by atoms with Crippen molar-refractivity contribution in [1.82, 2.24) is 9.80 Å². The van der Waals surface area contributed by atoms with Crippen LogP contribution in [0.1, 0.15) is 10.4 Å². The van der Waals surface area contributed by atoms with Crippen LogP contribution in [0.3, 0.4) is 0 Å². The Kier molecular flexibility index (Phi) is 4.15. The molecule has 1 aromatic rings. The van der Waals surface area contributed by atoms with Crippen molar-refractivity contribution in [3.8, 4) is 0 Å². The van der Waals surface area contributed by atoms with Crippen molar-refractivity contribution in [2.45, 2.75) is 6.04 Å². The molecule has 6 heteroatoms. The highest BCUT2D eigenvalue weighted by Crippen LogP contribution is 2.23. The summed E-state index contributed by atoms with van der Waals surface area (Å²) in [5.41, 5.74) is 0.236. The summed E-state index contributed by atoms with van der Waals surface area (Å²) in [6.07, 6.45) is 0. The average Bonchev–Trinajstić information content (AvgIpc) is 2.69. The first-order valence-corrected chi connectivity index (χ1v) is 7.44. The molecule has 2 atom stereocenters. The van der Waals surface area contributed by atoms with Gasteiger partial charge >= 0.3 is 0 Å². The van der Waals surface area contributed by atoms with Gasteiger partial charge in [0.1, 0.15) is 5.82 Å². The number of nitrogens with zero attached hydrogens (tertiary/aromatic N) is 2. The number of carbonyl (C=O) groups is 1. The highest BCUT2D eigenvalue weighted by Gasteiger charge is 2.34. The van der Waals surface area contributed by atoms with Crippen LogP contribution < -0.4 is 0 Å². The Balaban J connectivity index is 1.86. The van der Waals surface area contributed by atoms with Gasteiger partial charge < -0.3 is 9.64 Å². The van der Waals surface area contributed by atoms with Gasteiger partial charge in [0.15, 0.2) is 0 Å². The van der Waals surface area contributed by atoms with E-state index in [4.69, 9.17) is 16.3 Å². The first-order valence-electron chi connectivity index (χ1n) is 7.07. The maximum atomic E-state index is 13.4. The van der Waals surface area contributed by atoms with E-state index in [0.29, 0.717) is 31.3 Å². The average molecular weight is 313 g/mol. The van der Waals surface area contributed by atoms with Crippen LogP contribution in [0.25, 0.3) is 0 Å². The molecule has 0 radical (unpaired) electrons. The molecule has 21 heavy (non-hydrogen) atoms. The van der Waals surface area contributed by atoms with Crippen molar-refractivity contribution in [3.63, 3.8) is 0 Å². The van der Waals surface area contributed by atoms with Crippen molar-refractivity contribution in [2.24, 2.45) is 5.92 Å². The van der Waals surface area contributed by atoms with Gasteiger partial charge in [0.05, 0.1) is 29.8 Å². The van der Waals surface area contributed by atoms with Crippen LogP contribution in [0, 0.1) is 11.7 Å². The van der Waals surface area contributed by atoms with Gasteiger partial charge in [-0.15, -0.1) is 0 Å². The minimum atomic E-state index is -0.446. The Labute approximate surface area is 128 Å². The molecule has 2 aliphatic heterocycles. The van der Waals surface area contributed by atoms with Crippen LogP contribution in [0.15, 0.2) is 18.2 Å². The second-order valence-corrected chi connectivity index (χ2v) is 6.24. The van der Waals surface area contributed by atoms with Crippen LogP contribution in [-0.4, -0.2) is 61.6 Å². The number of carbonyl (C=O) groups excluding carboxylic acids is 1. The fourth-order valence-corrected chi connectivity index (χ4v) is 3.25. The van der Waals surface area contributed by atoms with Crippen molar-refractivity contribution >= 4 is 17.5 Å². The fourth-order valence-electron chi connectivity index (χ4n) is 3.05. The predicted molar refractivity (Wildman–Crippen MR) is 78.0 cm³/mol. The number of amides is 1. The molecular formula is C15H18ClFN2O2. The number of hydrogen-bond acceptors (Lipinski definition) is 3. The molecule has 0 aliphatic carbocycles. The van der Waals surface area contributed by atoms with Crippen LogP contribution in [0.4, 0.5) is 4.39 Å². The van der Waals surface area contributed by atoms with Gasteiger partial charge in [-0.1, -0.05) is 11.6 Å². The molecule has 4 nitrogen and oxygen atoms in total. The summed E-state index contributed by atoms with van der Waals surface area (Å²) in [5.74, 6) is -0.372. The Bertz CT molecular complexity index is 554. The Morgan fingerprint density at radius 2 is 2.14 bits per heavy atom. The van der Waals surface area contributed by atoms with E-state index in [0.717, 1.165) is 6.54 Å². The van der Waals surface area contributed by atoms with Crippen LogP contribution in [-0.2, 0) is 4.74 Å². The third-order valence-electron chi connectivity index (χ3n) is 4.19. The highest BCUT2D eigenvalue weighted by atomic mass is 35.5. The first kappa shape index (κ1) is 14.8. The third kappa shape index (κ3) is 3.05. The number of hydrogen-bond donors (Lipinski definition) is 0. The van der Waals surface area contributed by atoms with E-state index in [1.807, 2.05) is 0 Å². The molecular weight excluding hydrogens is 295 g/mol. The van der Waals surface area contributed by atoms with Crippen molar-refractivity contribution in [2.75, 3.05) is 39.9 Å². The lowest BCUT2D eigenvalue weighted by Gasteiger charge is -2.30. The lowest BCUT2D eigenvalue weighted by molar-refractivity contribution is 0.0433. The number of ether oxygens (including phenoxy) is 1. The number of likely N-dealkylation sites (N-methyl/N-ethyl adjacent to an activating group) is 1. The summed E-state index contributed by atoms with van der Waals surface area (Å²) in [5, 5.41) is 0.292. The van der Waals surface area contributed by atoms with E-state index in [9.17, 15) is 9.18 Å². The van der Waals surface area contributed by atoms with Gasteiger partial charge in [0.2, 0.25) is 0 Å². The van der Waals surface area contributed by atoms with Crippen LogP contribution in [0.5, 0.6) is 0 Å². The monoisotopic (exact) mass is 312 g/mol. The van der Waals surface area contributed by atoms with Crippen molar-refractivity contribution in [1.29, 1.82) is 0 Å². The molecule has 3 rings (SSSR count). The zero-order valence-electron chi connectivity index (χ0n) is 11.9. The predicted octanol–water partition coefficient (Wildman–Crippen LogP) is 1.88. The van der Waals surface area contributed by atoms with Crippen molar-refractivity contribution < 1.29 is 13.9 Å². The lowest BCUT2D eigenvalue weighted by atomic mass is 10.1. The fraction of sp³-hybridized carbons (Fsp3) is 0.533. The second kappa shape index (κ2) is 5.91. The SMILES string of the molecule is CN1C[C@H]2COC[C@@H]1CN(C(=O)c1cc(F)ccc1Cl)C2. The number of halogens is 2. The summed E-state index contributed by atoms with van der Waals surface area (Å²) in [4.78, 5) is 16.7. The highest BCUT2D eigenvalue weighted by molar-refractivity contribution is 6.33. The van der Waals surface area contributed by atoms with E-state index in [1.54, 1.807) is 4.90 Å². The van der Waals surface area contributed by atoms with Crippen LogP contribution >= 0.6 is 11.6 Å². The Morgan fingerprint density at radius 3 is 2.95 bits per heavy atom. The summed E-state index contributed by atoms with van der Waals surface area (Å²) >= 11 is 6.05. The maximum absolute atomic E-state index is 13.4. The van der Waals surface area contributed by atoms with Gasteiger partial charge in [-0.25, -0.2) is 4.39 Å². The molecule has 0 aromatic heterocycles. The third-order valence-corrected chi connectivity index (χ3v) is 4.52. The molecule has 2 aliphatic rings. The van der Waals surface area contributed by atoms with E-state index >= 15 is 0 Å². The molecule has 0 saturated carbocycles. The standard InChI is InChI=1S/C15H18ClFN2O2/c1-18-5-10-6-19(7-12(18)9-21-8-10)15(20)13-4-11(17)2-3-14(13)16/h2-4,10,12H,5-9H2,1H3/t10-,12+/m1/s1.